The fraction of sp³-hybridized carbons (Fsp3) is 0.154. The van der Waals surface area contributed by atoms with Crippen LogP contribution in [0.15, 0.2) is 35.7 Å². The van der Waals surface area contributed by atoms with Gasteiger partial charge in [0.05, 0.1) is 12.2 Å². The van der Waals surface area contributed by atoms with E-state index in [9.17, 15) is 4.79 Å². The number of nitrogen functional groups attached to an aromatic ring is 1. The standard InChI is InChI=1S/C13H14N2O2S/c14-9-3-4-12(11(8-9)13(15)16)17-6-5-10-2-1-7-18-10/h1-4,7-8H,5-6,14H2,(H2,15,16). The summed E-state index contributed by atoms with van der Waals surface area (Å²) in [4.78, 5) is 12.5. The molecule has 0 unspecified atom stereocenters. The number of ether oxygens (including phenoxy) is 1. The molecule has 0 aliphatic carbocycles. The number of amides is 1. The van der Waals surface area contributed by atoms with E-state index in [0.717, 1.165) is 6.42 Å². The van der Waals surface area contributed by atoms with E-state index < -0.39 is 5.91 Å². The Morgan fingerprint density at radius 1 is 1.33 bits per heavy atom. The maximum absolute atomic E-state index is 11.3. The normalized spacial score (nSPS) is 10.2. The van der Waals surface area contributed by atoms with Gasteiger partial charge in [-0.1, -0.05) is 6.07 Å². The molecule has 0 aliphatic heterocycles. The van der Waals surface area contributed by atoms with Crippen LogP contribution in [0, 0.1) is 0 Å². The van der Waals surface area contributed by atoms with Crippen molar-refractivity contribution in [3.05, 3.63) is 46.2 Å². The molecule has 2 rings (SSSR count). The number of rotatable bonds is 5. The third-order valence-corrected chi connectivity index (χ3v) is 3.39. The van der Waals surface area contributed by atoms with Crippen molar-refractivity contribution >= 4 is 22.9 Å². The van der Waals surface area contributed by atoms with Crippen molar-refractivity contribution in [2.45, 2.75) is 6.42 Å². The number of carbonyl (C=O) groups excluding carboxylic acids is 1. The molecule has 1 aromatic carbocycles. The van der Waals surface area contributed by atoms with Crippen molar-refractivity contribution in [1.29, 1.82) is 0 Å². The molecular formula is C13H14N2O2S. The number of benzene rings is 1. The van der Waals surface area contributed by atoms with E-state index in [1.165, 1.54) is 10.9 Å². The number of primary amides is 1. The summed E-state index contributed by atoms with van der Waals surface area (Å²) in [6.07, 6.45) is 0.806. The molecule has 0 fully saturated rings. The van der Waals surface area contributed by atoms with Crippen LogP contribution in [0.4, 0.5) is 5.69 Å². The number of hydrogen-bond donors (Lipinski definition) is 2. The topological polar surface area (TPSA) is 78.3 Å². The van der Waals surface area contributed by atoms with Gasteiger partial charge in [0.2, 0.25) is 0 Å². The van der Waals surface area contributed by atoms with Crippen molar-refractivity contribution < 1.29 is 9.53 Å². The fourth-order valence-corrected chi connectivity index (χ4v) is 2.27. The number of nitrogens with two attached hydrogens (primary N) is 2. The number of carbonyl (C=O) groups is 1. The highest BCUT2D eigenvalue weighted by Crippen LogP contribution is 2.21. The molecule has 0 radical (unpaired) electrons. The van der Waals surface area contributed by atoms with Crippen LogP contribution in [0.3, 0.4) is 0 Å². The van der Waals surface area contributed by atoms with E-state index in [4.69, 9.17) is 16.2 Å². The van der Waals surface area contributed by atoms with Gasteiger partial charge in [-0.05, 0) is 29.6 Å². The van der Waals surface area contributed by atoms with Gasteiger partial charge in [-0.15, -0.1) is 11.3 Å². The Labute approximate surface area is 109 Å². The molecule has 4 N–H and O–H groups in total. The van der Waals surface area contributed by atoms with Crippen LogP contribution < -0.4 is 16.2 Å². The van der Waals surface area contributed by atoms with Gasteiger partial charge in [0.25, 0.3) is 5.91 Å². The third-order valence-electron chi connectivity index (χ3n) is 2.46. The van der Waals surface area contributed by atoms with Crippen LogP contribution >= 0.6 is 11.3 Å². The summed E-state index contributed by atoms with van der Waals surface area (Å²) in [5, 5.41) is 2.02. The quantitative estimate of drug-likeness (QED) is 0.809. The van der Waals surface area contributed by atoms with Crippen molar-refractivity contribution in [3.8, 4) is 5.75 Å². The first-order chi connectivity index (χ1) is 8.66. The Balaban J connectivity index is 2.02. The third kappa shape index (κ3) is 3.01. The maximum Gasteiger partial charge on any atom is 0.252 e. The molecule has 2 aromatic rings. The second-order valence-electron chi connectivity index (χ2n) is 3.80. The second-order valence-corrected chi connectivity index (χ2v) is 4.83. The van der Waals surface area contributed by atoms with Crippen LogP contribution in [0.1, 0.15) is 15.2 Å². The molecule has 1 heterocycles. The largest absolute Gasteiger partial charge is 0.492 e. The molecule has 5 heteroatoms. The Hall–Kier alpha value is -2.01. The summed E-state index contributed by atoms with van der Waals surface area (Å²) in [5.74, 6) is -0.0540. The van der Waals surface area contributed by atoms with Crippen LogP contribution in [0.5, 0.6) is 5.75 Å². The second kappa shape index (κ2) is 5.55. The lowest BCUT2D eigenvalue weighted by molar-refractivity contribution is 0.0996. The van der Waals surface area contributed by atoms with Crippen LogP contribution in [0.25, 0.3) is 0 Å². The lowest BCUT2D eigenvalue weighted by atomic mass is 10.1. The molecule has 94 valence electrons. The first kappa shape index (κ1) is 12.4. The molecule has 1 aromatic heterocycles. The summed E-state index contributed by atoms with van der Waals surface area (Å²) in [7, 11) is 0. The lowest BCUT2D eigenvalue weighted by Gasteiger charge is -2.09. The Morgan fingerprint density at radius 2 is 2.17 bits per heavy atom. The minimum Gasteiger partial charge on any atom is -0.492 e. The van der Waals surface area contributed by atoms with Crippen molar-refractivity contribution in [1.82, 2.24) is 0 Å². The van der Waals surface area contributed by atoms with Crippen LogP contribution in [0.2, 0.25) is 0 Å². The van der Waals surface area contributed by atoms with Gasteiger partial charge in [-0.3, -0.25) is 4.79 Å². The summed E-state index contributed by atoms with van der Waals surface area (Å²) in [6.45, 7) is 0.505. The van der Waals surface area contributed by atoms with Crippen molar-refractivity contribution in [2.24, 2.45) is 5.73 Å². The average molecular weight is 262 g/mol. The molecule has 0 saturated heterocycles. The molecule has 0 aliphatic rings. The van der Waals surface area contributed by atoms with Gasteiger partial charge in [-0.25, -0.2) is 0 Å². The summed E-state index contributed by atoms with van der Waals surface area (Å²) in [6, 6.07) is 8.93. The molecule has 0 bridgehead atoms. The molecular weight excluding hydrogens is 248 g/mol. The predicted molar refractivity (Wildman–Crippen MR) is 72.9 cm³/mol. The van der Waals surface area contributed by atoms with E-state index in [1.807, 2.05) is 17.5 Å². The zero-order chi connectivity index (χ0) is 13.0. The molecule has 1 amide bonds. The first-order valence-corrected chi connectivity index (χ1v) is 6.39. The molecule has 0 spiro atoms. The smallest absolute Gasteiger partial charge is 0.252 e. The zero-order valence-electron chi connectivity index (χ0n) is 9.76. The van der Waals surface area contributed by atoms with Gasteiger partial charge in [0, 0.05) is 17.0 Å². The van der Waals surface area contributed by atoms with Crippen molar-refractivity contribution in [3.63, 3.8) is 0 Å². The number of thiophene rings is 1. The molecule has 18 heavy (non-hydrogen) atoms. The average Bonchev–Trinajstić information content (AvgIpc) is 2.84. The number of hydrogen-bond acceptors (Lipinski definition) is 4. The fourth-order valence-electron chi connectivity index (χ4n) is 1.58. The monoisotopic (exact) mass is 262 g/mol. The van der Waals surface area contributed by atoms with E-state index >= 15 is 0 Å². The Bertz CT molecular complexity index is 538. The highest BCUT2D eigenvalue weighted by molar-refractivity contribution is 7.09. The Morgan fingerprint density at radius 3 is 2.83 bits per heavy atom. The highest BCUT2D eigenvalue weighted by Gasteiger charge is 2.09. The van der Waals surface area contributed by atoms with E-state index in [-0.39, 0.29) is 0 Å². The van der Waals surface area contributed by atoms with E-state index in [0.29, 0.717) is 23.6 Å². The molecule has 0 atom stereocenters. The van der Waals surface area contributed by atoms with E-state index in [1.54, 1.807) is 23.5 Å². The minimum absolute atomic E-state index is 0.321. The summed E-state index contributed by atoms with van der Waals surface area (Å²) < 4.78 is 5.58. The maximum atomic E-state index is 11.3. The summed E-state index contributed by atoms with van der Waals surface area (Å²) >= 11 is 1.68. The van der Waals surface area contributed by atoms with Gasteiger partial charge in [0.1, 0.15) is 5.75 Å². The highest BCUT2D eigenvalue weighted by atomic mass is 32.1. The predicted octanol–water partition coefficient (Wildman–Crippen LogP) is 2.05. The van der Waals surface area contributed by atoms with Crippen LogP contribution in [-0.4, -0.2) is 12.5 Å². The number of anilines is 1. The lowest BCUT2D eigenvalue weighted by Crippen LogP contribution is -2.14. The minimum atomic E-state index is -0.534. The molecule has 0 saturated carbocycles. The van der Waals surface area contributed by atoms with Gasteiger partial charge < -0.3 is 16.2 Å². The van der Waals surface area contributed by atoms with Gasteiger partial charge in [-0.2, -0.15) is 0 Å². The van der Waals surface area contributed by atoms with Crippen LogP contribution in [-0.2, 0) is 6.42 Å². The van der Waals surface area contributed by atoms with Gasteiger partial charge >= 0.3 is 0 Å². The SMILES string of the molecule is NC(=O)c1cc(N)ccc1OCCc1cccs1. The summed E-state index contributed by atoms with van der Waals surface area (Å²) in [5.41, 5.74) is 11.7. The van der Waals surface area contributed by atoms with Crippen molar-refractivity contribution in [2.75, 3.05) is 12.3 Å². The Kier molecular flexibility index (Phi) is 3.84. The first-order valence-electron chi connectivity index (χ1n) is 5.51. The van der Waals surface area contributed by atoms with Gasteiger partial charge in [0.15, 0.2) is 0 Å². The zero-order valence-corrected chi connectivity index (χ0v) is 10.6. The van der Waals surface area contributed by atoms with E-state index in [2.05, 4.69) is 0 Å². The molecule has 4 nitrogen and oxygen atoms in total.